The number of fused-ring (bicyclic) bond motifs is 1. The average molecular weight is 559 g/mol. The van der Waals surface area contributed by atoms with Gasteiger partial charge in [0.15, 0.2) is 5.78 Å². The zero-order chi connectivity index (χ0) is 29.2. The van der Waals surface area contributed by atoms with Gasteiger partial charge < -0.3 is 21.3 Å². The summed E-state index contributed by atoms with van der Waals surface area (Å²) in [5, 5.41) is 5.51. The Morgan fingerprint density at radius 2 is 1.63 bits per heavy atom. The summed E-state index contributed by atoms with van der Waals surface area (Å²) in [6.45, 7) is 0.662. The molecule has 9 heteroatoms. The van der Waals surface area contributed by atoms with Crippen LogP contribution in [0.2, 0.25) is 0 Å². The van der Waals surface area contributed by atoms with Crippen molar-refractivity contribution in [1.29, 1.82) is 0 Å². The lowest BCUT2D eigenvalue weighted by molar-refractivity contribution is -0.142. The Bertz CT molecular complexity index is 1380. The number of hydrogen-bond acceptors (Lipinski definition) is 5. The minimum atomic E-state index is -0.911. The van der Waals surface area contributed by atoms with E-state index in [9.17, 15) is 23.6 Å². The van der Waals surface area contributed by atoms with Crippen LogP contribution in [0.5, 0.6) is 0 Å². The molecule has 0 unspecified atom stereocenters. The molecule has 4 N–H and O–H groups in total. The van der Waals surface area contributed by atoms with Crippen LogP contribution in [-0.2, 0) is 27.3 Å². The van der Waals surface area contributed by atoms with Crippen LogP contribution in [0, 0.1) is 5.82 Å². The quantitative estimate of drug-likeness (QED) is 0.229. The minimum absolute atomic E-state index is 0.0209. The van der Waals surface area contributed by atoms with Gasteiger partial charge in [-0.05, 0) is 55.1 Å². The fourth-order valence-corrected chi connectivity index (χ4v) is 4.98. The van der Waals surface area contributed by atoms with Crippen molar-refractivity contribution in [2.24, 2.45) is 5.73 Å². The van der Waals surface area contributed by atoms with Crippen molar-refractivity contribution in [2.45, 2.75) is 57.2 Å². The molecule has 41 heavy (non-hydrogen) atoms. The molecule has 214 valence electrons. The van der Waals surface area contributed by atoms with Crippen molar-refractivity contribution in [1.82, 2.24) is 10.2 Å². The van der Waals surface area contributed by atoms with Gasteiger partial charge in [0.2, 0.25) is 17.7 Å². The third-order valence-corrected chi connectivity index (χ3v) is 7.21. The number of rotatable bonds is 12. The molecule has 1 aliphatic rings. The Labute approximate surface area is 239 Å². The number of nitrogens with two attached hydrogens (primary N) is 1. The van der Waals surface area contributed by atoms with E-state index >= 15 is 0 Å². The summed E-state index contributed by atoms with van der Waals surface area (Å²) in [6.07, 6.45) is 1.84. The number of carbonyl (C=O) groups is 4. The van der Waals surface area contributed by atoms with E-state index in [4.69, 9.17) is 5.73 Å². The highest BCUT2D eigenvalue weighted by atomic mass is 19.1. The Balaban J connectivity index is 1.50. The normalized spacial score (nSPS) is 15.0. The van der Waals surface area contributed by atoms with Gasteiger partial charge >= 0.3 is 0 Å². The highest BCUT2D eigenvalue weighted by Crippen LogP contribution is 2.25. The van der Waals surface area contributed by atoms with Crippen molar-refractivity contribution in [3.8, 4) is 0 Å². The van der Waals surface area contributed by atoms with Gasteiger partial charge in [0.1, 0.15) is 17.9 Å². The van der Waals surface area contributed by atoms with Crippen LogP contribution in [0.4, 0.5) is 10.1 Å². The van der Waals surface area contributed by atoms with Gasteiger partial charge in [-0.25, -0.2) is 4.39 Å². The van der Waals surface area contributed by atoms with Gasteiger partial charge in [-0.1, -0.05) is 60.7 Å². The molecule has 3 aromatic carbocycles. The fraction of sp³-hybridized carbons (Fsp3) is 0.312. The summed E-state index contributed by atoms with van der Waals surface area (Å²) in [7, 11) is 0. The van der Waals surface area contributed by atoms with Crippen LogP contribution in [0.3, 0.4) is 0 Å². The van der Waals surface area contributed by atoms with Crippen LogP contribution in [0.1, 0.15) is 53.6 Å². The molecule has 0 aliphatic carbocycles. The Morgan fingerprint density at radius 3 is 2.37 bits per heavy atom. The number of nitrogens with one attached hydrogen (secondary N) is 2. The molecule has 0 fully saturated rings. The lowest BCUT2D eigenvalue weighted by Crippen LogP contribution is -2.56. The van der Waals surface area contributed by atoms with Crippen molar-refractivity contribution < 1.29 is 23.6 Å². The second-order valence-electron chi connectivity index (χ2n) is 10.1. The van der Waals surface area contributed by atoms with Gasteiger partial charge in [0.05, 0.1) is 0 Å². The molecule has 0 aromatic heterocycles. The number of halogens is 1. The molecule has 1 aliphatic heterocycles. The Hall–Kier alpha value is -4.37. The fourth-order valence-electron chi connectivity index (χ4n) is 4.98. The van der Waals surface area contributed by atoms with Crippen LogP contribution < -0.4 is 16.4 Å². The van der Waals surface area contributed by atoms with Gasteiger partial charge in [0, 0.05) is 37.1 Å². The monoisotopic (exact) mass is 558 g/mol. The van der Waals surface area contributed by atoms with Gasteiger partial charge in [-0.15, -0.1) is 0 Å². The van der Waals surface area contributed by atoms with Crippen molar-refractivity contribution in [2.75, 3.05) is 11.9 Å². The number of carbonyl (C=O) groups excluding carboxylic acids is 4. The van der Waals surface area contributed by atoms with Gasteiger partial charge in [-0.2, -0.15) is 0 Å². The maximum Gasteiger partial charge on any atom is 0.246 e. The van der Waals surface area contributed by atoms with E-state index in [2.05, 4.69) is 10.6 Å². The topological polar surface area (TPSA) is 122 Å². The predicted molar refractivity (Wildman–Crippen MR) is 154 cm³/mol. The standard InChI is InChI=1S/C32H35FN4O4/c33-25-13-8-14-26(20-25)35-31(40)27(15-6-7-18-34)36-32(41)28-19-23-11-4-5-12-24(23)21-37(28)30(39)17-16-29(38)22-9-2-1-3-10-22/h1-5,8-14,20,27-28H,6-7,15-19,21,34H2,(H,35,40)(H,36,41)/t27-,28-/m0/s1. The van der Waals surface area contributed by atoms with Crippen molar-refractivity contribution >= 4 is 29.2 Å². The lowest BCUT2D eigenvalue weighted by atomic mass is 9.92. The number of anilines is 1. The lowest BCUT2D eigenvalue weighted by Gasteiger charge is -2.37. The van der Waals surface area contributed by atoms with Crippen molar-refractivity contribution in [3.63, 3.8) is 0 Å². The largest absolute Gasteiger partial charge is 0.342 e. The zero-order valence-electron chi connectivity index (χ0n) is 22.9. The number of nitrogens with zero attached hydrogens (tertiary/aromatic N) is 1. The summed E-state index contributed by atoms with van der Waals surface area (Å²) in [5.74, 6) is -1.90. The molecule has 1 heterocycles. The summed E-state index contributed by atoms with van der Waals surface area (Å²) < 4.78 is 13.7. The van der Waals surface area contributed by atoms with E-state index in [1.54, 1.807) is 30.3 Å². The van der Waals surface area contributed by atoms with Gasteiger partial charge in [0.25, 0.3) is 0 Å². The van der Waals surface area contributed by atoms with E-state index in [1.807, 2.05) is 30.3 Å². The van der Waals surface area contributed by atoms with E-state index < -0.39 is 29.7 Å². The van der Waals surface area contributed by atoms with Crippen LogP contribution in [0.25, 0.3) is 0 Å². The number of ketones is 1. The summed E-state index contributed by atoms with van der Waals surface area (Å²) in [6, 6.07) is 20.1. The third kappa shape index (κ3) is 8.08. The van der Waals surface area contributed by atoms with E-state index in [0.29, 0.717) is 31.4 Å². The number of Topliss-reactive ketones (excluding diaryl/α,β-unsaturated/α-hetero) is 1. The van der Waals surface area contributed by atoms with E-state index in [1.165, 1.54) is 23.1 Å². The molecule has 8 nitrogen and oxygen atoms in total. The molecule has 0 radical (unpaired) electrons. The van der Waals surface area contributed by atoms with Crippen LogP contribution in [-0.4, -0.2) is 47.0 Å². The molecule has 0 saturated carbocycles. The highest BCUT2D eigenvalue weighted by Gasteiger charge is 2.36. The van der Waals surface area contributed by atoms with Crippen LogP contribution >= 0.6 is 0 Å². The molecular formula is C32H35FN4O4. The molecule has 4 rings (SSSR count). The maximum absolute atomic E-state index is 13.7. The predicted octanol–water partition coefficient (Wildman–Crippen LogP) is 3.99. The Kier molecular flexibility index (Phi) is 10.3. The first-order chi connectivity index (χ1) is 19.9. The summed E-state index contributed by atoms with van der Waals surface area (Å²) >= 11 is 0. The molecule has 0 spiro atoms. The molecule has 0 bridgehead atoms. The number of unbranched alkanes of at least 4 members (excludes halogenated alkanes) is 1. The minimum Gasteiger partial charge on any atom is -0.342 e. The second kappa shape index (κ2) is 14.3. The zero-order valence-corrected chi connectivity index (χ0v) is 22.9. The van der Waals surface area contributed by atoms with E-state index in [0.717, 1.165) is 11.1 Å². The smallest absolute Gasteiger partial charge is 0.246 e. The molecule has 0 saturated heterocycles. The number of amides is 3. The first-order valence-electron chi connectivity index (χ1n) is 13.9. The van der Waals surface area contributed by atoms with Crippen LogP contribution in [0.15, 0.2) is 78.9 Å². The first-order valence-corrected chi connectivity index (χ1v) is 13.9. The third-order valence-electron chi connectivity index (χ3n) is 7.21. The molecule has 3 aromatic rings. The van der Waals surface area contributed by atoms with Gasteiger partial charge in [-0.3, -0.25) is 19.2 Å². The SMILES string of the molecule is NCCCC[C@H](NC(=O)[C@@H]1Cc2ccccc2CN1C(=O)CCC(=O)c1ccccc1)C(=O)Nc1cccc(F)c1. The Morgan fingerprint density at radius 1 is 0.902 bits per heavy atom. The summed E-state index contributed by atoms with van der Waals surface area (Å²) in [4.78, 5) is 54.4. The number of benzene rings is 3. The molecular weight excluding hydrogens is 523 g/mol. The summed E-state index contributed by atoms with van der Waals surface area (Å²) in [5.41, 5.74) is 8.32. The number of hydrogen-bond donors (Lipinski definition) is 3. The highest BCUT2D eigenvalue weighted by molar-refractivity contribution is 6.00. The average Bonchev–Trinajstić information content (AvgIpc) is 2.99. The first kappa shape index (κ1) is 29.6. The second-order valence-corrected chi connectivity index (χ2v) is 10.1. The maximum atomic E-state index is 13.7. The van der Waals surface area contributed by atoms with E-state index in [-0.39, 0.29) is 43.2 Å². The molecule has 2 atom stereocenters. The molecule has 3 amide bonds. The van der Waals surface area contributed by atoms with Crippen molar-refractivity contribution in [3.05, 3.63) is 101 Å².